The lowest BCUT2D eigenvalue weighted by atomic mass is 10.2. The van der Waals surface area contributed by atoms with E-state index >= 15 is 0 Å². The van der Waals surface area contributed by atoms with Crippen molar-refractivity contribution in [1.29, 1.82) is 0 Å². The Morgan fingerprint density at radius 3 is 2.68 bits per heavy atom. The zero-order valence-corrected chi connectivity index (χ0v) is 15.1. The zero-order valence-electron chi connectivity index (χ0n) is 13.5. The van der Waals surface area contributed by atoms with Gasteiger partial charge >= 0.3 is 0 Å². The van der Waals surface area contributed by atoms with E-state index in [9.17, 15) is 21.6 Å². The molecule has 0 radical (unpaired) electrons. The molecule has 2 aliphatic heterocycles. The summed E-state index contributed by atoms with van der Waals surface area (Å²) in [7, 11) is -6.86. The fourth-order valence-electron chi connectivity index (χ4n) is 2.75. The van der Waals surface area contributed by atoms with Crippen molar-refractivity contribution >= 4 is 31.5 Å². The van der Waals surface area contributed by atoms with E-state index in [0.717, 1.165) is 10.6 Å². The van der Waals surface area contributed by atoms with Crippen molar-refractivity contribution in [3.05, 3.63) is 18.2 Å². The Bertz CT molecular complexity index is 896. The van der Waals surface area contributed by atoms with Crippen molar-refractivity contribution in [3.63, 3.8) is 0 Å². The van der Waals surface area contributed by atoms with Gasteiger partial charge in [0.1, 0.15) is 6.54 Å². The summed E-state index contributed by atoms with van der Waals surface area (Å²) in [6, 6.07) is 4.08. The third kappa shape index (κ3) is 4.15. The van der Waals surface area contributed by atoms with E-state index in [1.807, 2.05) is 0 Å². The maximum atomic E-state index is 12.2. The molecule has 2 heterocycles. The van der Waals surface area contributed by atoms with Crippen LogP contribution in [0.15, 0.2) is 18.2 Å². The molecule has 9 nitrogen and oxygen atoms in total. The summed E-state index contributed by atoms with van der Waals surface area (Å²) in [5.41, 5.74) is 0.265. The van der Waals surface area contributed by atoms with Gasteiger partial charge in [-0.05, 0) is 18.6 Å². The Labute approximate surface area is 145 Å². The highest BCUT2D eigenvalue weighted by atomic mass is 32.2. The summed E-state index contributed by atoms with van der Waals surface area (Å²) in [6.45, 7) is -0.399. The van der Waals surface area contributed by atoms with Gasteiger partial charge in [0.2, 0.25) is 22.7 Å². The van der Waals surface area contributed by atoms with E-state index < -0.39 is 38.4 Å². The zero-order chi connectivity index (χ0) is 18.2. The van der Waals surface area contributed by atoms with E-state index in [1.165, 1.54) is 12.1 Å². The molecule has 0 bridgehead atoms. The highest BCUT2D eigenvalue weighted by molar-refractivity contribution is 7.92. The fraction of sp³-hybridized carbons (Fsp3) is 0.500. The first-order valence-electron chi connectivity index (χ1n) is 7.51. The monoisotopic (exact) mass is 390 g/mol. The average Bonchev–Trinajstić information content (AvgIpc) is 3.09. The number of amides is 1. The summed E-state index contributed by atoms with van der Waals surface area (Å²) >= 11 is 0. The standard InChI is InChI=1S/C14H18N2O7S2/c1-24(18,19)16(11-2-3-12-13(6-11)23-9-22-12)7-14(17)15-10-4-5-25(20,21)8-10/h2-3,6,10H,4-5,7-9H2,1H3,(H,15,17). The SMILES string of the molecule is CS(=O)(=O)N(CC(=O)NC1CCS(=O)(=O)C1)c1ccc2c(c1)OCO2. The van der Waals surface area contributed by atoms with E-state index in [1.54, 1.807) is 6.07 Å². The van der Waals surface area contributed by atoms with Crippen LogP contribution < -0.4 is 19.1 Å². The van der Waals surface area contributed by atoms with Crippen LogP contribution in [0.25, 0.3) is 0 Å². The lowest BCUT2D eigenvalue weighted by molar-refractivity contribution is -0.120. The molecule has 2 aliphatic rings. The first-order valence-corrected chi connectivity index (χ1v) is 11.2. The number of nitrogens with one attached hydrogen (secondary N) is 1. The minimum Gasteiger partial charge on any atom is -0.454 e. The minimum absolute atomic E-state index is 0.0237. The fourth-order valence-corrected chi connectivity index (χ4v) is 5.27. The first-order chi connectivity index (χ1) is 11.6. The van der Waals surface area contributed by atoms with Crippen LogP contribution in [0.4, 0.5) is 5.69 Å². The van der Waals surface area contributed by atoms with Crippen LogP contribution in [0.1, 0.15) is 6.42 Å². The van der Waals surface area contributed by atoms with Gasteiger partial charge in [-0.2, -0.15) is 0 Å². The minimum atomic E-state index is -3.73. The number of nitrogens with zero attached hydrogens (tertiary/aromatic N) is 1. The molecule has 11 heteroatoms. The van der Waals surface area contributed by atoms with Crippen LogP contribution in [0.5, 0.6) is 11.5 Å². The molecule has 1 saturated heterocycles. The molecule has 1 aromatic carbocycles. The largest absolute Gasteiger partial charge is 0.454 e. The Kier molecular flexibility index (Phi) is 4.54. The molecule has 1 unspecified atom stereocenters. The van der Waals surface area contributed by atoms with Crippen molar-refractivity contribution in [2.45, 2.75) is 12.5 Å². The van der Waals surface area contributed by atoms with E-state index in [2.05, 4.69) is 5.32 Å². The molecule has 0 saturated carbocycles. The molecule has 3 rings (SSSR count). The third-order valence-corrected chi connectivity index (χ3v) is 6.84. The third-order valence-electron chi connectivity index (χ3n) is 3.93. The number of benzene rings is 1. The average molecular weight is 390 g/mol. The molecular weight excluding hydrogens is 372 g/mol. The number of hydrogen-bond donors (Lipinski definition) is 1. The molecule has 1 N–H and O–H groups in total. The van der Waals surface area contributed by atoms with Gasteiger partial charge in [-0.25, -0.2) is 16.8 Å². The number of anilines is 1. The van der Waals surface area contributed by atoms with Crippen molar-refractivity contribution in [2.24, 2.45) is 0 Å². The van der Waals surface area contributed by atoms with Crippen molar-refractivity contribution < 1.29 is 31.1 Å². The predicted octanol–water partition coefficient (Wildman–Crippen LogP) is -0.515. The summed E-state index contributed by atoms with van der Waals surface area (Å²) in [4.78, 5) is 12.2. The number of sulfone groups is 1. The second-order valence-electron chi connectivity index (χ2n) is 5.97. The maximum absolute atomic E-state index is 12.2. The molecule has 1 atom stereocenters. The lowest BCUT2D eigenvalue weighted by Crippen LogP contribution is -2.44. The lowest BCUT2D eigenvalue weighted by Gasteiger charge is -2.23. The van der Waals surface area contributed by atoms with Gasteiger partial charge in [-0.3, -0.25) is 9.10 Å². The summed E-state index contributed by atoms with van der Waals surface area (Å²) < 4.78 is 58.4. The van der Waals surface area contributed by atoms with Crippen LogP contribution in [-0.2, 0) is 24.7 Å². The number of hydrogen-bond acceptors (Lipinski definition) is 7. The highest BCUT2D eigenvalue weighted by Crippen LogP contribution is 2.36. The van der Waals surface area contributed by atoms with E-state index in [0.29, 0.717) is 17.9 Å². The van der Waals surface area contributed by atoms with Gasteiger partial charge in [-0.15, -0.1) is 0 Å². The van der Waals surface area contributed by atoms with Gasteiger partial charge in [0.15, 0.2) is 21.3 Å². The summed E-state index contributed by atoms with van der Waals surface area (Å²) in [5.74, 6) is 0.230. The van der Waals surface area contributed by atoms with Gasteiger partial charge in [0.05, 0.1) is 23.4 Å². The van der Waals surface area contributed by atoms with Crippen LogP contribution in [0.3, 0.4) is 0 Å². The van der Waals surface area contributed by atoms with Crippen LogP contribution in [0, 0.1) is 0 Å². The van der Waals surface area contributed by atoms with Crippen LogP contribution in [0.2, 0.25) is 0 Å². The molecule has 138 valence electrons. The number of ether oxygens (including phenoxy) is 2. The summed E-state index contributed by atoms with van der Waals surface area (Å²) in [6.07, 6.45) is 1.32. The van der Waals surface area contributed by atoms with Gasteiger partial charge in [0.25, 0.3) is 0 Å². The Hall–Kier alpha value is -2.01. The number of rotatable bonds is 5. The topological polar surface area (TPSA) is 119 Å². The number of carbonyl (C=O) groups excluding carboxylic acids is 1. The number of sulfonamides is 1. The first kappa shape index (κ1) is 17.8. The maximum Gasteiger partial charge on any atom is 0.241 e. The molecule has 0 aliphatic carbocycles. The molecule has 1 aromatic rings. The Morgan fingerprint density at radius 2 is 2.04 bits per heavy atom. The molecule has 0 aromatic heterocycles. The number of carbonyl (C=O) groups is 1. The second kappa shape index (κ2) is 6.37. The van der Waals surface area contributed by atoms with Crippen molar-refractivity contribution in [1.82, 2.24) is 5.32 Å². The number of fused-ring (bicyclic) bond motifs is 1. The quantitative estimate of drug-likeness (QED) is 0.719. The van der Waals surface area contributed by atoms with Crippen LogP contribution >= 0.6 is 0 Å². The smallest absolute Gasteiger partial charge is 0.241 e. The van der Waals surface area contributed by atoms with Crippen molar-refractivity contribution in [3.8, 4) is 11.5 Å². The molecule has 25 heavy (non-hydrogen) atoms. The predicted molar refractivity (Wildman–Crippen MR) is 90.0 cm³/mol. The summed E-state index contributed by atoms with van der Waals surface area (Å²) in [5, 5.41) is 2.58. The molecular formula is C14H18N2O7S2. The van der Waals surface area contributed by atoms with Gasteiger partial charge in [-0.1, -0.05) is 0 Å². The van der Waals surface area contributed by atoms with Crippen LogP contribution in [-0.4, -0.2) is 59.9 Å². The van der Waals surface area contributed by atoms with Gasteiger partial charge < -0.3 is 14.8 Å². The van der Waals surface area contributed by atoms with E-state index in [-0.39, 0.29) is 24.0 Å². The highest BCUT2D eigenvalue weighted by Gasteiger charge is 2.30. The Morgan fingerprint density at radius 1 is 1.32 bits per heavy atom. The molecule has 1 amide bonds. The molecule has 0 spiro atoms. The van der Waals surface area contributed by atoms with E-state index in [4.69, 9.17) is 9.47 Å². The van der Waals surface area contributed by atoms with Gasteiger partial charge in [0, 0.05) is 12.1 Å². The normalized spacial score (nSPS) is 21.1. The molecule has 1 fully saturated rings. The Balaban J connectivity index is 1.75. The van der Waals surface area contributed by atoms with Crippen molar-refractivity contribution in [2.75, 3.05) is 35.4 Å². The second-order valence-corrected chi connectivity index (χ2v) is 10.1.